The molecule has 0 heterocycles. The van der Waals surface area contributed by atoms with Gasteiger partial charge in [0.15, 0.2) is 0 Å². The van der Waals surface area contributed by atoms with E-state index in [1.807, 2.05) is 12.1 Å². The molecule has 6 nitrogen and oxygen atoms in total. The van der Waals surface area contributed by atoms with Gasteiger partial charge in [0.2, 0.25) is 0 Å². The van der Waals surface area contributed by atoms with E-state index < -0.39 is 7.12 Å². The molecule has 1 amide bonds. The summed E-state index contributed by atoms with van der Waals surface area (Å²) in [5.74, 6) is -0.388. The van der Waals surface area contributed by atoms with E-state index in [4.69, 9.17) is 21.1 Å². The molecule has 3 N–H and O–H groups in total. The van der Waals surface area contributed by atoms with Crippen LogP contribution in [-0.2, 0) is 22.7 Å². The standard InChI is InChI=1S/C17H19BClNO5/c1-24-9-12-3-5-14(7-13(12)10-25-2)20-17(21)11-4-6-16(19)15(8-11)18(22)23/h3-8,22-23H,9-10H2,1-2H3,(H,20,21). The van der Waals surface area contributed by atoms with E-state index in [2.05, 4.69) is 5.32 Å². The maximum Gasteiger partial charge on any atom is 0.489 e. The van der Waals surface area contributed by atoms with E-state index in [0.717, 1.165) is 11.1 Å². The summed E-state index contributed by atoms with van der Waals surface area (Å²) >= 11 is 5.88. The van der Waals surface area contributed by atoms with Gasteiger partial charge in [-0.1, -0.05) is 17.7 Å². The number of carbonyl (C=O) groups excluding carboxylic acids is 1. The Morgan fingerprint density at radius 3 is 2.40 bits per heavy atom. The van der Waals surface area contributed by atoms with Crippen molar-refractivity contribution >= 4 is 35.8 Å². The van der Waals surface area contributed by atoms with Crippen molar-refractivity contribution in [2.75, 3.05) is 19.5 Å². The lowest BCUT2D eigenvalue weighted by molar-refractivity contribution is 0.102. The highest BCUT2D eigenvalue weighted by Crippen LogP contribution is 2.19. The Bertz CT molecular complexity index is 754. The van der Waals surface area contributed by atoms with Gasteiger partial charge in [-0.3, -0.25) is 4.79 Å². The molecule has 2 aromatic rings. The number of carbonyl (C=O) groups is 1. The third-order valence-corrected chi connectivity index (χ3v) is 3.94. The number of rotatable bonds is 7. The fraction of sp³-hybridized carbons (Fsp3) is 0.235. The van der Waals surface area contributed by atoms with E-state index in [9.17, 15) is 14.8 Å². The highest BCUT2D eigenvalue weighted by Gasteiger charge is 2.18. The van der Waals surface area contributed by atoms with E-state index in [1.54, 1.807) is 20.3 Å². The molecule has 0 spiro atoms. The Morgan fingerprint density at radius 2 is 1.76 bits per heavy atom. The number of amides is 1. The first-order valence-corrected chi connectivity index (χ1v) is 7.90. The Hall–Kier alpha value is -1.90. The van der Waals surface area contributed by atoms with Crippen LogP contribution in [0.5, 0.6) is 0 Å². The summed E-state index contributed by atoms with van der Waals surface area (Å²) in [6, 6.07) is 9.74. The summed E-state index contributed by atoms with van der Waals surface area (Å²) in [6.07, 6.45) is 0. The van der Waals surface area contributed by atoms with Crippen LogP contribution in [0.1, 0.15) is 21.5 Å². The molecule has 132 valence electrons. The van der Waals surface area contributed by atoms with E-state index in [1.165, 1.54) is 18.2 Å². The monoisotopic (exact) mass is 363 g/mol. The van der Waals surface area contributed by atoms with Crippen LogP contribution in [0.3, 0.4) is 0 Å². The molecule has 0 saturated heterocycles. The summed E-state index contributed by atoms with van der Waals surface area (Å²) in [5.41, 5.74) is 2.81. The maximum atomic E-state index is 12.4. The fourth-order valence-electron chi connectivity index (χ4n) is 2.38. The topological polar surface area (TPSA) is 88.0 Å². The van der Waals surface area contributed by atoms with Crippen LogP contribution in [-0.4, -0.2) is 37.3 Å². The average Bonchev–Trinajstić information content (AvgIpc) is 2.57. The second kappa shape index (κ2) is 8.98. The van der Waals surface area contributed by atoms with Crippen molar-refractivity contribution in [1.29, 1.82) is 0 Å². The molecule has 0 bridgehead atoms. The van der Waals surface area contributed by atoms with Crippen molar-refractivity contribution in [3.05, 3.63) is 58.1 Å². The van der Waals surface area contributed by atoms with Crippen molar-refractivity contribution in [2.45, 2.75) is 13.2 Å². The first kappa shape index (κ1) is 19.4. The Labute approximate surface area is 151 Å². The van der Waals surface area contributed by atoms with Crippen molar-refractivity contribution < 1.29 is 24.3 Å². The molecule has 0 unspecified atom stereocenters. The molecular formula is C17H19BClNO5. The van der Waals surface area contributed by atoms with Gasteiger partial charge in [-0.05, 0) is 41.5 Å². The van der Waals surface area contributed by atoms with Gasteiger partial charge in [0.1, 0.15) is 0 Å². The number of ether oxygens (including phenoxy) is 2. The Kier molecular flexibility index (Phi) is 6.98. The number of anilines is 1. The predicted molar refractivity (Wildman–Crippen MR) is 97.1 cm³/mol. The van der Waals surface area contributed by atoms with Crippen LogP contribution >= 0.6 is 11.6 Å². The molecule has 0 radical (unpaired) electrons. The number of methoxy groups -OCH3 is 2. The summed E-state index contributed by atoms with van der Waals surface area (Å²) in [5, 5.41) is 21.5. The Morgan fingerprint density at radius 1 is 1.08 bits per heavy atom. The molecule has 0 aliphatic rings. The van der Waals surface area contributed by atoms with Crippen molar-refractivity contribution in [3.8, 4) is 0 Å². The highest BCUT2D eigenvalue weighted by molar-refractivity contribution is 6.62. The molecule has 0 saturated carbocycles. The normalized spacial score (nSPS) is 10.6. The lowest BCUT2D eigenvalue weighted by atomic mass is 9.79. The zero-order chi connectivity index (χ0) is 18.4. The summed E-state index contributed by atoms with van der Waals surface area (Å²) in [7, 11) is 1.46. The molecule has 0 aliphatic carbocycles. The zero-order valence-electron chi connectivity index (χ0n) is 14.0. The highest BCUT2D eigenvalue weighted by atomic mass is 35.5. The number of hydrogen-bond donors (Lipinski definition) is 3. The minimum atomic E-state index is -1.75. The van der Waals surface area contributed by atoms with Crippen molar-refractivity contribution in [1.82, 2.24) is 0 Å². The van der Waals surface area contributed by atoms with Crippen LogP contribution in [0.4, 0.5) is 5.69 Å². The molecule has 0 aliphatic heterocycles. The molecule has 2 aromatic carbocycles. The molecule has 0 atom stereocenters. The maximum absolute atomic E-state index is 12.4. The summed E-state index contributed by atoms with van der Waals surface area (Å²) in [4.78, 5) is 12.4. The van der Waals surface area contributed by atoms with Crippen LogP contribution in [0.15, 0.2) is 36.4 Å². The molecule has 8 heteroatoms. The minimum absolute atomic E-state index is 0.0739. The Balaban J connectivity index is 2.22. The van der Waals surface area contributed by atoms with Crippen molar-refractivity contribution in [2.24, 2.45) is 0 Å². The molecule has 25 heavy (non-hydrogen) atoms. The second-order valence-electron chi connectivity index (χ2n) is 5.41. The van der Waals surface area contributed by atoms with Crippen molar-refractivity contribution in [3.63, 3.8) is 0 Å². The molecule has 0 aromatic heterocycles. The molecular weight excluding hydrogens is 344 g/mol. The molecule has 2 rings (SSSR count). The van der Waals surface area contributed by atoms with E-state index in [-0.39, 0.29) is 22.0 Å². The van der Waals surface area contributed by atoms with Gasteiger partial charge in [-0.25, -0.2) is 0 Å². The summed E-state index contributed by atoms with van der Waals surface area (Å²) in [6.45, 7) is 0.839. The average molecular weight is 364 g/mol. The first-order chi connectivity index (χ1) is 12.0. The number of hydrogen-bond acceptors (Lipinski definition) is 5. The van der Waals surface area contributed by atoms with Crippen LogP contribution < -0.4 is 10.8 Å². The minimum Gasteiger partial charge on any atom is -0.423 e. The largest absolute Gasteiger partial charge is 0.489 e. The zero-order valence-corrected chi connectivity index (χ0v) is 14.7. The second-order valence-corrected chi connectivity index (χ2v) is 5.82. The van der Waals surface area contributed by atoms with Crippen LogP contribution in [0, 0.1) is 0 Å². The van der Waals surface area contributed by atoms with Gasteiger partial charge in [0.05, 0.1) is 13.2 Å². The van der Waals surface area contributed by atoms with Gasteiger partial charge >= 0.3 is 7.12 Å². The number of benzene rings is 2. The number of halogens is 1. The summed E-state index contributed by atoms with van der Waals surface area (Å²) < 4.78 is 10.3. The lowest BCUT2D eigenvalue weighted by Gasteiger charge is -2.12. The van der Waals surface area contributed by atoms with Crippen LogP contribution in [0.2, 0.25) is 5.02 Å². The van der Waals surface area contributed by atoms with Gasteiger partial charge in [0.25, 0.3) is 5.91 Å². The van der Waals surface area contributed by atoms with Gasteiger partial charge in [-0.15, -0.1) is 0 Å². The smallest absolute Gasteiger partial charge is 0.423 e. The first-order valence-electron chi connectivity index (χ1n) is 7.53. The quantitative estimate of drug-likeness (QED) is 0.650. The van der Waals surface area contributed by atoms with E-state index in [0.29, 0.717) is 18.9 Å². The molecule has 0 fully saturated rings. The third kappa shape index (κ3) is 5.04. The van der Waals surface area contributed by atoms with Gasteiger partial charge < -0.3 is 24.8 Å². The third-order valence-electron chi connectivity index (χ3n) is 3.60. The van der Waals surface area contributed by atoms with E-state index >= 15 is 0 Å². The number of nitrogens with one attached hydrogen (secondary N) is 1. The van der Waals surface area contributed by atoms with Gasteiger partial charge in [-0.2, -0.15) is 0 Å². The SMILES string of the molecule is COCc1ccc(NC(=O)c2ccc(Cl)c(B(O)O)c2)cc1COC. The van der Waals surface area contributed by atoms with Crippen LogP contribution in [0.25, 0.3) is 0 Å². The van der Waals surface area contributed by atoms with Gasteiger partial charge in [0, 0.05) is 36.0 Å². The predicted octanol–water partition coefficient (Wildman–Crippen LogP) is 1.56. The lowest BCUT2D eigenvalue weighted by Crippen LogP contribution is -2.32. The fourth-order valence-corrected chi connectivity index (χ4v) is 2.59.